The molecule has 30 heavy (non-hydrogen) atoms. The Hall–Kier alpha value is -2.99. The highest BCUT2D eigenvalue weighted by Gasteiger charge is 2.36. The van der Waals surface area contributed by atoms with Crippen molar-refractivity contribution in [3.05, 3.63) is 68.0 Å². The van der Waals surface area contributed by atoms with Gasteiger partial charge in [0, 0.05) is 5.02 Å². The molecule has 6 nitrogen and oxygen atoms in total. The zero-order valence-electron chi connectivity index (χ0n) is 17.0. The number of benzene rings is 2. The van der Waals surface area contributed by atoms with Crippen LogP contribution in [0.5, 0.6) is 11.5 Å². The van der Waals surface area contributed by atoms with E-state index in [1.54, 1.807) is 24.3 Å². The number of halogens is 1. The number of ether oxygens (including phenoxy) is 2. The molecule has 4 rings (SSSR count). The van der Waals surface area contributed by atoms with Crippen molar-refractivity contribution in [2.45, 2.75) is 33.2 Å². The molecule has 1 unspecified atom stereocenters. The van der Waals surface area contributed by atoms with Crippen LogP contribution in [0.2, 0.25) is 5.02 Å². The highest BCUT2D eigenvalue weighted by molar-refractivity contribution is 6.32. The molecular formula is C23H22ClNO5. The lowest BCUT2D eigenvalue weighted by Gasteiger charge is -2.16. The Morgan fingerprint density at radius 1 is 1.10 bits per heavy atom. The molecule has 1 aliphatic heterocycles. The topological polar surface area (TPSA) is 77.8 Å². The summed E-state index contributed by atoms with van der Waals surface area (Å²) >= 11 is 6.21. The zero-order valence-corrected chi connectivity index (χ0v) is 17.8. The maximum Gasteiger partial charge on any atom is 0.288 e. The molecule has 0 radical (unpaired) electrons. The van der Waals surface area contributed by atoms with Gasteiger partial charge in [-0.15, -0.1) is 0 Å². The maximum atomic E-state index is 13.3. The minimum absolute atomic E-state index is 0.0310. The van der Waals surface area contributed by atoms with Gasteiger partial charge in [0.25, 0.3) is 5.91 Å². The molecule has 2 heterocycles. The second-order valence-electron chi connectivity index (χ2n) is 7.17. The van der Waals surface area contributed by atoms with Gasteiger partial charge in [0.2, 0.25) is 5.76 Å². The average molecular weight is 428 g/mol. The van der Waals surface area contributed by atoms with E-state index in [0.717, 1.165) is 12.0 Å². The van der Waals surface area contributed by atoms with Crippen LogP contribution in [0.3, 0.4) is 0 Å². The Labute approximate surface area is 178 Å². The molecule has 0 fully saturated rings. The summed E-state index contributed by atoms with van der Waals surface area (Å²) in [5.74, 6) is 0.796. The lowest BCUT2D eigenvalue weighted by molar-refractivity contribution is 0.0938. The fourth-order valence-corrected chi connectivity index (χ4v) is 3.75. The van der Waals surface area contributed by atoms with E-state index in [1.807, 2.05) is 26.8 Å². The van der Waals surface area contributed by atoms with Crippen molar-refractivity contribution in [1.29, 1.82) is 0 Å². The van der Waals surface area contributed by atoms with Crippen LogP contribution in [0.25, 0.3) is 11.0 Å². The quantitative estimate of drug-likeness (QED) is 0.612. The fraction of sp³-hybridized carbons (Fsp3) is 0.304. The molecule has 0 spiro atoms. The van der Waals surface area contributed by atoms with Crippen LogP contribution in [0.4, 0.5) is 0 Å². The number of hydrogen-bond donors (Lipinski definition) is 1. The summed E-state index contributed by atoms with van der Waals surface area (Å²) in [6, 6.07) is 8.02. The number of rotatable bonds is 6. The first-order valence-corrected chi connectivity index (χ1v) is 10.3. The minimum atomic E-state index is -0.646. The Morgan fingerprint density at radius 2 is 1.90 bits per heavy atom. The summed E-state index contributed by atoms with van der Waals surface area (Å²) in [5.41, 5.74) is 1.82. The Balaban J connectivity index is 1.84. The van der Waals surface area contributed by atoms with Crippen molar-refractivity contribution in [2.24, 2.45) is 0 Å². The van der Waals surface area contributed by atoms with Gasteiger partial charge >= 0.3 is 0 Å². The van der Waals surface area contributed by atoms with E-state index in [4.69, 9.17) is 25.5 Å². The molecule has 156 valence electrons. The van der Waals surface area contributed by atoms with Crippen LogP contribution in [-0.2, 0) is 0 Å². The molecule has 1 aliphatic rings. The molecule has 1 N–H and O–H groups in total. The van der Waals surface area contributed by atoms with Crippen LogP contribution >= 0.6 is 11.6 Å². The summed E-state index contributed by atoms with van der Waals surface area (Å²) in [5, 5.41) is 3.67. The standard InChI is InChI=1S/C23H22ClNO5/c1-4-8-29-16-7-6-13(10-18(16)28-5-2)20-19-21(26)14-11-15(24)12(3)9-17(14)30-22(19)23(27)25-20/h6-7,9-11,20H,4-5,8H2,1-3H3,(H,25,27). The van der Waals surface area contributed by atoms with Crippen molar-refractivity contribution in [3.8, 4) is 11.5 Å². The molecule has 7 heteroatoms. The molecule has 0 saturated carbocycles. The molecule has 0 aliphatic carbocycles. The van der Waals surface area contributed by atoms with Gasteiger partial charge in [-0.1, -0.05) is 24.6 Å². The number of hydrogen-bond acceptors (Lipinski definition) is 5. The minimum Gasteiger partial charge on any atom is -0.490 e. The van der Waals surface area contributed by atoms with Gasteiger partial charge in [0.05, 0.1) is 30.2 Å². The van der Waals surface area contributed by atoms with Gasteiger partial charge in [-0.3, -0.25) is 9.59 Å². The van der Waals surface area contributed by atoms with E-state index >= 15 is 0 Å². The van der Waals surface area contributed by atoms with Crippen LogP contribution in [0.1, 0.15) is 53.6 Å². The van der Waals surface area contributed by atoms with Crippen molar-refractivity contribution < 1.29 is 18.7 Å². The second-order valence-corrected chi connectivity index (χ2v) is 7.57. The molecule has 1 atom stereocenters. The van der Waals surface area contributed by atoms with Gasteiger partial charge in [0.15, 0.2) is 16.9 Å². The lowest BCUT2D eigenvalue weighted by Crippen LogP contribution is -2.22. The highest BCUT2D eigenvalue weighted by Crippen LogP contribution is 2.36. The smallest absolute Gasteiger partial charge is 0.288 e. The van der Waals surface area contributed by atoms with Crippen molar-refractivity contribution in [2.75, 3.05) is 13.2 Å². The van der Waals surface area contributed by atoms with Crippen LogP contribution in [-0.4, -0.2) is 19.1 Å². The predicted octanol–water partition coefficient (Wildman–Crippen LogP) is 4.78. The third-order valence-corrected chi connectivity index (χ3v) is 5.45. The molecule has 3 aromatic rings. The fourth-order valence-electron chi connectivity index (χ4n) is 3.58. The average Bonchev–Trinajstić information content (AvgIpc) is 3.05. The summed E-state index contributed by atoms with van der Waals surface area (Å²) in [7, 11) is 0. The SMILES string of the molecule is CCCOc1ccc(C2NC(=O)c3oc4cc(C)c(Cl)cc4c(=O)c32)cc1OCC. The number of aryl methyl sites for hydroxylation is 1. The molecule has 0 bridgehead atoms. The third kappa shape index (κ3) is 3.41. The summed E-state index contributed by atoms with van der Waals surface area (Å²) < 4.78 is 17.3. The molecular weight excluding hydrogens is 406 g/mol. The zero-order chi connectivity index (χ0) is 21.4. The van der Waals surface area contributed by atoms with Crippen molar-refractivity contribution >= 4 is 28.5 Å². The number of fused-ring (bicyclic) bond motifs is 2. The maximum absolute atomic E-state index is 13.3. The number of nitrogens with one attached hydrogen (secondary N) is 1. The van der Waals surface area contributed by atoms with E-state index in [1.165, 1.54) is 0 Å². The first-order valence-electron chi connectivity index (χ1n) is 9.91. The van der Waals surface area contributed by atoms with E-state index in [9.17, 15) is 9.59 Å². The summed E-state index contributed by atoms with van der Waals surface area (Å²) in [4.78, 5) is 25.9. The molecule has 1 amide bonds. The number of carbonyl (C=O) groups excluding carboxylic acids is 1. The van der Waals surface area contributed by atoms with Crippen LogP contribution < -0.4 is 20.2 Å². The monoisotopic (exact) mass is 427 g/mol. The Kier molecular flexibility index (Phi) is 5.43. The van der Waals surface area contributed by atoms with Crippen LogP contribution in [0, 0.1) is 6.92 Å². The normalized spacial score (nSPS) is 15.2. The number of carbonyl (C=O) groups is 1. The first kappa shape index (κ1) is 20.3. The van der Waals surface area contributed by atoms with Gasteiger partial charge in [-0.25, -0.2) is 0 Å². The van der Waals surface area contributed by atoms with E-state index < -0.39 is 11.9 Å². The Bertz CT molecular complexity index is 1200. The van der Waals surface area contributed by atoms with Crippen molar-refractivity contribution in [1.82, 2.24) is 5.32 Å². The van der Waals surface area contributed by atoms with Gasteiger partial charge in [-0.2, -0.15) is 0 Å². The van der Waals surface area contributed by atoms with E-state index in [-0.39, 0.29) is 16.8 Å². The highest BCUT2D eigenvalue weighted by atomic mass is 35.5. The van der Waals surface area contributed by atoms with Gasteiger partial charge in [-0.05, 0) is 55.7 Å². The van der Waals surface area contributed by atoms with Gasteiger partial charge < -0.3 is 19.2 Å². The Morgan fingerprint density at radius 3 is 2.63 bits per heavy atom. The summed E-state index contributed by atoms with van der Waals surface area (Å²) in [6.45, 7) is 6.75. The molecule has 1 aromatic heterocycles. The largest absolute Gasteiger partial charge is 0.490 e. The third-order valence-electron chi connectivity index (χ3n) is 5.04. The molecule has 2 aromatic carbocycles. The molecule has 0 saturated heterocycles. The van der Waals surface area contributed by atoms with E-state index in [2.05, 4.69) is 5.32 Å². The van der Waals surface area contributed by atoms with Gasteiger partial charge in [0.1, 0.15) is 5.58 Å². The lowest BCUT2D eigenvalue weighted by atomic mass is 9.98. The van der Waals surface area contributed by atoms with E-state index in [0.29, 0.717) is 46.3 Å². The number of amides is 1. The summed E-state index contributed by atoms with van der Waals surface area (Å²) in [6.07, 6.45) is 0.871. The van der Waals surface area contributed by atoms with Crippen LogP contribution in [0.15, 0.2) is 39.5 Å². The van der Waals surface area contributed by atoms with Crippen molar-refractivity contribution in [3.63, 3.8) is 0 Å². The second kappa shape index (κ2) is 8.03. The predicted molar refractivity (Wildman–Crippen MR) is 115 cm³/mol. The first-order chi connectivity index (χ1) is 14.4.